The van der Waals surface area contributed by atoms with Crippen LogP contribution >= 0.6 is 24.0 Å². The van der Waals surface area contributed by atoms with E-state index in [-0.39, 0.29) is 36.4 Å². The van der Waals surface area contributed by atoms with Crippen LogP contribution in [0.3, 0.4) is 0 Å². The third-order valence-electron chi connectivity index (χ3n) is 4.23. The lowest BCUT2D eigenvalue weighted by Gasteiger charge is -2.13. The van der Waals surface area contributed by atoms with Crippen LogP contribution in [-0.4, -0.2) is 38.6 Å². The third-order valence-corrected chi connectivity index (χ3v) is 4.23. The number of amides is 1. The Bertz CT molecular complexity index is 813. The van der Waals surface area contributed by atoms with Gasteiger partial charge in [0.15, 0.2) is 12.6 Å². The molecule has 4 N–H and O–H groups in total. The van der Waals surface area contributed by atoms with Gasteiger partial charge in [-0.25, -0.2) is 4.39 Å². The minimum absolute atomic E-state index is 0. The number of aryl methyl sites for hydroxylation is 1. The molecule has 0 radical (unpaired) electrons. The number of hydrogen-bond donors (Lipinski definition) is 3. The van der Waals surface area contributed by atoms with E-state index in [1.54, 1.807) is 13.1 Å². The summed E-state index contributed by atoms with van der Waals surface area (Å²) in [5, 5.41) is 6.53. The summed E-state index contributed by atoms with van der Waals surface area (Å²) in [5.41, 5.74) is 8.26. The highest BCUT2D eigenvalue weighted by Crippen LogP contribution is 2.12. The summed E-state index contributed by atoms with van der Waals surface area (Å²) >= 11 is 0. The number of carbonyl (C=O) groups excluding carboxylic acids is 1. The predicted octanol–water partition coefficient (Wildman–Crippen LogP) is 2.57. The monoisotopic (exact) mass is 514 g/mol. The van der Waals surface area contributed by atoms with Gasteiger partial charge in [0.25, 0.3) is 5.91 Å². The molecule has 0 aromatic heterocycles. The molecule has 6 nitrogen and oxygen atoms in total. The summed E-state index contributed by atoms with van der Waals surface area (Å²) in [7, 11) is 1.73. The van der Waals surface area contributed by atoms with E-state index in [1.807, 2.05) is 37.3 Å². The molecule has 2 rings (SSSR count). The van der Waals surface area contributed by atoms with E-state index in [4.69, 9.17) is 10.5 Å². The second-order valence-corrected chi connectivity index (χ2v) is 6.40. The predicted molar refractivity (Wildman–Crippen MR) is 124 cm³/mol. The number of rotatable bonds is 9. The van der Waals surface area contributed by atoms with Crippen molar-refractivity contribution in [2.75, 3.05) is 26.7 Å². The molecule has 2 aromatic carbocycles. The molecular formula is C21H28FIN4O2. The van der Waals surface area contributed by atoms with Gasteiger partial charge in [-0.3, -0.25) is 9.79 Å². The summed E-state index contributed by atoms with van der Waals surface area (Å²) in [6, 6.07) is 12.4. The van der Waals surface area contributed by atoms with Crippen LogP contribution in [0.2, 0.25) is 0 Å². The number of halogens is 2. The lowest BCUT2D eigenvalue weighted by atomic mass is 10.1. The smallest absolute Gasteiger partial charge is 0.255 e. The summed E-state index contributed by atoms with van der Waals surface area (Å²) in [6.45, 7) is 3.21. The van der Waals surface area contributed by atoms with Crippen molar-refractivity contribution >= 4 is 35.8 Å². The van der Waals surface area contributed by atoms with E-state index >= 15 is 0 Å². The van der Waals surface area contributed by atoms with Gasteiger partial charge in [0.1, 0.15) is 11.6 Å². The maximum atomic E-state index is 13.2. The van der Waals surface area contributed by atoms with Crippen LogP contribution in [-0.2, 0) is 17.6 Å². The number of carbonyl (C=O) groups is 1. The number of aliphatic imine (C=N–C) groups is 1. The van der Waals surface area contributed by atoms with Gasteiger partial charge in [-0.1, -0.05) is 18.2 Å². The van der Waals surface area contributed by atoms with Crippen molar-refractivity contribution in [1.29, 1.82) is 0 Å². The minimum Gasteiger partial charge on any atom is -0.484 e. The van der Waals surface area contributed by atoms with E-state index < -0.39 is 5.91 Å². The Morgan fingerprint density at radius 3 is 2.34 bits per heavy atom. The lowest BCUT2D eigenvalue weighted by molar-refractivity contribution is -0.119. The molecule has 0 saturated carbocycles. The van der Waals surface area contributed by atoms with Crippen molar-refractivity contribution in [1.82, 2.24) is 10.6 Å². The van der Waals surface area contributed by atoms with Gasteiger partial charge in [-0.2, -0.15) is 0 Å². The second kappa shape index (κ2) is 13.0. The van der Waals surface area contributed by atoms with Gasteiger partial charge in [0, 0.05) is 20.1 Å². The fraction of sp³-hybridized carbons (Fsp3) is 0.333. The average Bonchev–Trinajstić information content (AvgIpc) is 2.67. The van der Waals surface area contributed by atoms with E-state index in [1.165, 1.54) is 6.07 Å². The van der Waals surface area contributed by atoms with Crippen molar-refractivity contribution in [2.45, 2.75) is 19.8 Å². The summed E-state index contributed by atoms with van der Waals surface area (Å²) in [4.78, 5) is 14.9. The third kappa shape index (κ3) is 9.12. The average molecular weight is 514 g/mol. The Kier molecular flexibility index (Phi) is 11.0. The van der Waals surface area contributed by atoms with E-state index in [0.717, 1.165) is 42.0 Å². The number of hydrogen-bond acceptors (Lipinski definition) is 3. The van der Waals surface area contributed by atoms with Crippen LogP contribution in [0.1, 0.15) is 16.7 Å². The summed E-state index contributed by atoms with van der Waals surface area (Å²) in [5.74, 6) is 0.631. The van der Waals surface area contributed by atoms with Crippen molar-refractivity contribution < 1.29 is 13.9 Å². The molecule has 0 atom stereocenters. The molecule has 0 aliphatic heterocycles. The topological polar surface area (TPSA) is 88.7 Å². The Morgan fingerprint density at radius 1 is 1.10 bits per heavy atom. The molecule has 0 fully saturated rings. The molecule has 0 aliphatic rings. The lowest BCUT2D eigenvalue weighted by Crippen LogP contribution is -2.39. The quantitative estimate of drug-likeness (QED) is 0.273. The van der Waals surface area contributed by atoms with Crippen molar-refractivity contribution in [3.63, 3.8) is 0 Å². The van der Waals surface area contributed by atoms with Gasteiger partial charge in [0.05, 0.1) is 0 Å². The van der Waals surface area contributed by atoms with Gasteiger partial charge in [-0.15, -0.1) is 24.0 Å². The maximum absolute atomic E-state index is 13.2. The zero-order valence-electron chi connectivity index (χ0n) is 16.7. The first-order valence-electron chi connectivity index (χ1n) is 9.17. The van der Waals surface area contributed by atoms with E-state index in [9.17, 15) is 9.18 Å². The zero-order valence-corrected chi connectivity index (χ0v) is 19.0. The Labute approximate surface area is 188 Å². The molecule has 8 heteroatoms. The van der Waals surface area contributed by atoms with Crippen LogP contribution in [0.4, 0.5) is 4.39 Å². The number of nitrogens with zero attached hydrogens (tertiary/aromatic N) is 1. The fourth-order valence-corrected chi connectivity index (χ4v) is 2.71. The molecule has 0 aliphatic carbocycles. The van der Waals surface area contributed by atoms with Gasteiger partial charge in [-0.05, 0) is 60.7 Å². The minimum atomic E-state index is -0.498. The van der Waals surface area contributed by atoms with Gasteiger partial charge < -0.3 is 21.1 Å². The standard InChI is InChI=1S/C21H27FN4O2.HI/c1-15-13-18(22)6-5-17(15)10-12-26-21(24-2)25-11-9-16-3-7-19(8-4-16)28-14-20(23)27;/h3-8,13H,9-12,14H2,1-2H3,(H2,23,27)(H2,24,25,26);1H. The van der Waals surface area contributed by atoms with Crippen LogP contribution in [0, 0.1) is 12.7 Å². The maximum Gasteiger partial charge on any atom is 0.255 e. The zero-order chi connectivity index (χ0) is 20.4. The molecule has 29 heavy (non-hydrogen) atoms. The highest BCUT2D eigenvalue weighted by molar-refractivity contribution is 14.0. The molecule has 0 heterocycles. The first-order valence-corrected chi connectivity index (χ1v) is 9.17. The highest BCUT2D eigenvalue weighted by Gasteiger charge is 2.03. The van der Waals surface area contributed by atoms with Crippen molar-refractivity contribution in [2.24, 2.45) is 10.7 Å². The Hall–Kier alpha value is -2.36. The van der Waals surface area contributed by atoms with Crippen LogP contribution < -0.4 is 21.1 Å². The first kappa shape index (κ1) is 24.7. The Morgan fingerprint density at radius 2 is 1.76 bits per heavy atom. The number of nitrogens with one attached hydrogen (secondary N) is 2. The molecule has 0 bridgehead atoms. The SMILES string of the molecule is CN=C(NCCc1ccc(OCC(N)=O)cc1)NCCc1ccc(F)cc1C.I. The molecule has 158 valence electrons. The van der Waals surface area contributed by atoms with E-state index in [0.29, 0.717) is 12.3 Å². The molecule has 1 amide bonds. The van der Waals surface area contributed by atoms with Crippen molar-refractivity contribution in [3.8, 4) is 5.75 Å². The van der Waals surface area contributed by atoms with Gasteiger partial charge >= 0.3 is 0 Å². The number of nitrogens with two attached hydrogens (primary N) is 1. The largest absolute Gasteiger partial charge is 0.484 e. The number of ether oxygens (including phenoxy) is 1. The number of primary amides is 1. The molecule has 2 aromatic rings. The normalized spacial score (nSPS) is 10.8. The van der Waals surface area contributed by atoms with Gasteiger partial charge in [0.2, 0.25) is 0 Å². The number of benzene rings is 2. The highest BCUT2D eigenvalue weighted by atomic mass is 127. The molecule has 0 spiro atoms. The van der Waals surface area contributed by atoms with Crippen molar-refractivity contribution in [3.05, 3.63) is 65.0 Å². The molecule has 0 saturated heterocycles. The fourth-order valence-electron chi connectivity index (χ4n) is 2.71. The van der Waals surface area contributed by atoms with E-state index in [2.05, 4.69) is 15.6 Å². The molecular weight excluding hydrogens is 486 g/mol. The summed E-state index contributed by atoms with van der Waals surface area (Å²) < 4.78 is 18.4. The Balaban J connectivity index is 0.00000420. The first-order chi connectivity index (χ1) is 13.5. The second-order valence-electron chi connectivity index (χ2n) is 6.40. The van der Waals surface area contributed by atoms with Crippen LogP contribution in [0.5, 0.6) is 5.75 Å². The van der Waals surface area contributed by atoms with Crippen LogP contribution in [0.15, 0.2) is 47.5 Å². The van der Waals surface area contributed by atoms with Crippen LogP contribution in [0.25, 0.3) is 0 Å². The molecule has 0 unspecified atom stereocenters. The number of guanidine groups is 1. The summed E-state index contributed by atoms with van der Waals surface area (Å²) in [6.07, 6.45) is 1.60.